The Morgan fingerprint density at radius 2 is 1.92 bits per heavy atom. The average Bonchev–Trinajstić information content (AvgIpc) is 2.61. The minimum absolute atomic E-state index is 0.0430. The van der Waals surface area contributed by atoms with Crippen molar-refractivity contribution in [1.82, 2.24) is 9.62 Å². The fourth-order valence-electron chi connectivity index (χ4n) is 2.89. The van der Waals surface area contributed by atoms with E-state index in [0.717, 1.165) is 19.3 Å². The Hall–Kier alpha value is -1.80. The maximum atomic E-state index is 12.9. The number of rotatable bonds is 8. The number of anilines is 1. The van der Waals surface area contributed by atoms with E-state index in [1.807, 2.05) is 20.8 Å². The molecule has 0 saturated carbocycles. The highest BCUT2D eigenvalue weighted by atomic mass is 32.2. The van der Waals surface area contributed by atoms with Crippen molar-refractivity contribution in [1.29, 1.82) is 0 Å². The average molecular weight is 384 g/mol. The molecule has 2 rings (SSSR count). The Bertz CT molecular complexity index is 713. The van der Waals surface area contributed by atoms with Gasteiger partial charge in [0.15, 0.2) is 0 Å². The Morgan fingerprint density at radius 1 is 1.23 bits per heavy atom. The van der Waals surface area contributed by atoms with Gasteiger partial charge in [0.05, 0.1) is 23.7 Å². The summed E-state index contributed by atoms with van der Waals surface area (Å²) in [7, 11) is -3.54. The summed E-state index contributed by atoms with van der Waals surface area (Å²) in [6, 6.07) is 4.80. The zero-order valence-electron chi connectivity index (χ0n) is 15.7. The fourth-order valence-corrected chi connectivity index (χ4v) is 4.44. The Balaban J connectivity index is 2.22. The maximum Gasteiger partial charge on any atom is 0.243 e. The number of nitrogens with one attached hydrogen (secondary N) is 2. The number of hydrogen-bond donors (Lipinski definition) is 2. The highest BCUT2D eigenvalue weighted by molar-refractivity contribution is 7.89. The second-order valence-corrected chi connectivity index (χ2v) is 8.57. The van der Waals surface area contributed by atoms with Crippen molar-refractivity contribution in [3.63, 3.8) is 0 Å². The van der Waals surface area contributed by atoms with E-state index in [0.29, 0.717) is 31.1 Å². The van der Waals surface area contributed by atoms with Crippen molar-refractivity contribution < 1.29 is 17.9 Å². The summed E-state index contributed by atoms with van der Waals surface area (Å²) in [5.74, 6) is 0.370. The predicted octanol–water partition coefficient (Wildman–Crippen LogP) is 2.20. The van der Waals surface area contributed by atoms with Crippen LogP contribution in [-0.2, 0) is 14.8 Å². The molecule has 2 N–H and O–H groups in total. The standard InChI is InChI=1S/C18H29N3O4S/c1-4-25-17-9-8-15(26(23,24)21-10-6-5-7-11-21)12-16(17)19-13-18(22)20-14(2)3/h8-9,12,14,19H,4-7,10-11,13H2,1-3H3,(H,20,22). The first-order chi connectivity index (χ1) is 12.3. The lowest BCUT2D eigenvalue weighted by Gasteiger charge is -2.26. The van der Waals surface area contributed by atoms with E-state index in [4.69, 9.17) is 4.74 Å². The molecule has 8 heteroatoms. The SMILES string of the molecule is CCOc1ccc(S(=O)(=O)N2CCCCC2)cc1NCC(=O)NC(C)C. The van der Waals surface area contributed by atoms with Gasteiger partial charge in [-0.25, -0.2) is 8.42 Å². The molecule has 1 aliphatic heterocycles. The zero-order chi connectivity index (χ0) is 19.2. The van der Waals surface area contributed by atoms with Gasteiger partial charge < -0.3 is 15.4 Å². The number of nitrogens with zero attached hydrogens (tertiary/aromatic N) is 1. The maximum absolute atomic E-state index is 12.9. The molecule has 1 aliphatic rings. The van der Waals surface area contributed by atoms with Crippen LogP contribution in [0.2, 0.25) is 0 Å². The molecule has 0 spiro atoms. The summed E-state index contributed by atoms with van der Waals surface area (Å²) in [4.78, 5) is 12.1. The lowest BCUT2D eigenvalue weighted by Crippen LogP contribution is -2.36. The van der Waals surface area contributed by atoms with Gasteiger partial charge >= 0.3 is 0 Å². The van der Waals surface area contributed by atoms with E-state index < -0.39 is 10.0 Å². The summed E-state index contributed by atoms with van der Waals surface area (Å²) in [5, 5.41) is 5.79. The third kappa shape index (κ3) is 5.35. The van der Waals surface area contributed by atoms with Crippen LogP contribution in [0.4, 0.5) is 5.69 Å². The van der Waals surface area contributed by atoms with Gasteiger partial charge in [-0.15, -0.1) is 0 Å². The van der Waals surface area contributed by atoms with Crippen molar-refractivity contribution in [2.24, 2.45) is 0 Å². The molecule has 1 saturated heterocycles. The quantitative estimate of drug-likeness (QED) is 0.718. The molecule has 0 radical (unpaired) electrons. The van der Waals surface area contributed by atoms with E-state index in [1.54, 1.807) is 18.2 Å². The monoisotopic (exact) mass is 383 g/mol. The van der Waals surface area contributed by atoms with E-state index in [-0.39, 0.29) is 23.4 Å². The molecule has 0 unspecified atom stereocenters. The van der Waals surface area contributed by atoms with Crippen LogP contribution in [0.5, 0.6) is 5.75 Å². The van der Waals surface area contributed by atoms with Gasteiger partial charge in [0.25, 0.3) is 0 Å². The topological polar surface area (TPSA) is 87.7 Å². The normalized spacial score (nSPS) is 15.7. The Kier molecular flexibility index (Phi) is 7.28. The third-order valence-electron chi connectivity index (χ3n) is 4.09. The van der Waals surface area contributed by atoms with E-state index >= 15 is 0 Å². The second kappa shape index (κ2) is 9.23. The van der Waals surface area contributed by atoms with Crippen molar-refractivity contribution >= 4 is 21.6 Å². The van der Waals surface area contributed by atoms with Crippen LogP contribution in [0.25, 0.3) is 0 Å². The molecule has 0 bridgehead atoms. The first-order valence-corrected chi connectivity index (χ1v) is 10.6. The van der Waals surface area contributed by atoms with Gasteiger partial charge in [-0.05, 0) is 51.8 Å². The lowest BCUT2D eigenvalue weighted by atomic mass is 10.2. The molecule has 0 aliphatic carbocycles. The van der Waals surface area contributed by atoms with Gasteiger partial charge in [-0.1, -0.05) is 6.42 Å². The summed E-state index contributed by atoms with van der Waals surface area (Å²) >= 11 is 0. The minimum atomic E-state index is -3.54. The largest absolute Gasteiger partial charge is 0.492 e. The number of carbonyl (C=O) groups excluding carboxylic acids is 1. The molecule has 1 aromatic carbocycles. The molecule has 0 atom stereocenters. The Morgan fingerprint density at radius 3 is 2.54 bits per heavy atom. The van der Waals surface area contributed by atoms with Crippen LogP contribution in [-0.4, -0.2) is 50.9 Å². The zero-order valence-corrected chi connectivity index (χ0v) is 16.6. The smallest absolute Gasteiger partial charge is 0.243 e. The van der Waals surface area contributed by atoms with Crippen LogP contribution >= 0.6 is 0 Å². The third-order valence-corrected chi connectivity index (χ3v) is 5.99. The molecule has 0 aromatic heterocycles. The molecule has 1 amide bonds. The molecule has 1 aromatic rings. The number of amides is 1. The molecule has 1 heterocycles. The van der Waals surface area contributed by atoms with Crippen molar-refractivity contribution in [3.8, 4) is 5.75 Å². The summed E-state index contributed by atoms with van der Waals surface area (Å²) in [6.45, 7) is 7.22. The first kappa shape index (κ1) is 20.5. The minimum Gasteiger partial charge on any atom is -0.492 e. The molecule has 7 nitrogen and oxygen atoms in total. The highest BCUT2D eigenvalue weighted by Gasteiger charge is 2.26. The molecule has 26 heavy (non-hydrogen) atoms. The van der Waals surface area contributed by atoms with Gasteiger partial charge in [0.2, 0.25) is 15.9 Å². The van der Waals surface area contributed by atoms with E-state index in [2.05, 4.69) is 10.6 Å². The predicted molar refractivity (Wildman–Crippen MR) is 102 cm³/mol. The number of piperidine rings is 1. The van der Waals surface area contributed by atoms with Gasteiger partial charge in [-0.3, -0.25) is 4.79 Å². The van der Waals surface area contributed by atoms with Crippen LogP contribution in [0.3, 0.4) is 0 Å². The second-order valence-electron chi connectivity index (χ2n) is 6.63. The van der Waals surface area contributed by atoms with Gasteiger partial charge in [0, 0.05) is 19.1 Å². The lowest BCUT2D eigenvalue weighted by molar-refractivity contribution is -0.119. The molecular formula is C18H29N3O4S. The fraction of sp³-hybridized carbons (Fsp3) is 0.611. The number of sulfonamides is 1. The molecular weight excluding hydrogens is 354 g/mol. The van der Waals surface area contributed by atoms with Crippen molar-refractivity contribution in [3.05, 3.63) is 18.2 Å². The Labute approximate surface area is 156 Å². The van der Waals surface area contributed by atoms with E-state index in [1.165, 1.54) is 4.31 Å². The van der Waals surface area contributed by atoms with Gasteiger partial charge in [-0.2, -0.15) is 4.31 Å². The van der Waals surface area contributed by atoms with Crippen LogP contribution in [0, 0.1) is 0 Å². The van der Waals surface area contributed by atoms with Crippen LogP contribution < -0.4 is 15.4 Å². The first-order valence-electron chi connectivity index (χ1n) is 9.15. The number of hydrogen-bond acceptors (Lipinski definition) is 5. The van der Waals surface area contributed by atoms with Crippen molar-refractivity contribution in [2.45, 2.75) is 51.0 Å². The van der Waals surface area contributed by atoms with Crippen LogP contribution in [0.1, 0.15) is 40.0 Å². The number of benzene rings is 1. The number of ether oxygens (including phenoxy) is 1. The van der Waals surface area contributed by atoms with Crippen LogP contribution in [0.15, 0.2) is 23.1 Å². The summed E-state index contributed by atoms with van der Waals surface area (Å²) in [6.07, 6.45) is 2.83. The van der Waals surface area contributed by atoms with E-state index in [9.17, 15) is 13.2 Å². The summed E-state index contributed by atoms with van der Waals surface area (Å²) < 4.78 is 32.8. The number of carbonyl (C=O) groups is 1. The molecule has 1 fully saturated rings. The molecule has 146 valence electrons. The van der Waals surface area contributed by atoms with Crippen molar-refractivity contribution in [2.75, 3.05) is 31.6 Å². The summed E-state index contributed by atoms with van der Waals surface area (Å²) in [5.41, 5.74) is 0.504. The highest BCUT2D eigenvalue weighted by Crippen LogP contribution is 2.30. The van der Waals surface area contributed by atoms with Gasteiger partial charge in [0.1, 0.15) is 5.75 Å².